The van der Waals surface area contributed by atoms with Crippen LogP contribution in [-0.2, 0) is 6.42 Å². The summed E-state index contributed by atoms with van der Waals surface area (Å²) in [5.41, 5.74) is 2.54. The highest BCUT2D eigenvalue weighted by atomic mass is 16.4. The molecule has 1 saturated carbocycles. The molecule has 0 saturated heterocycles. The Balaban J connectivity index is 1.90. The Labute approximate surface area is 106 Å². The third kappa shape index (κ3) is 1.77. The van der Waals surface area contributed by atoms with Gasteiger partial charge in [0.1, 0.15) is 0 Å². The van der Waals surface area contributed by atoms with Crippen molar-refractivity contribution >= 4 is 11.7 Å². The summed E-state index contributed by atoms with van der Waals surface area (Å²) in [6.07, 6.45) is 3.62. The number of aromatic carboxylic acids is 1. The van der Waals surface area contributed by atoms with Crippen molar-refractivity contribution in [3.63, 3.8) is 0 Å². The number of carboxylic acid groups (broad SMARTS) is 1. The van der Waals surface area contributed by atoms with Crippen LogP contribution in [0.3, 0.4) is 0 Å². The zero-order valence-electron chi connectivity index (χ0n) is 10.2. The minimum Gasteiger partial charge on any atom is -0.478 e. The molecule has 1 aromatic rings. The van der Waals surface area contributed by atoms with Crippen LogP contribution in [0.15, 0.2) is 18.2 Å². The van der Waals surface area contributed by atoms with Gasteiger partial charge in [-0.25, -0.2) is 4.79 Å². The first-order valence-corrected chi connectivity index (χ1v) is 6.48. The first-order valence-electron chi connectivity index (χ1n) is 6.48. The first kappa shape index (κ1) is 11.5. The summed E-state index contributed by atoms with van der Waals surface area (Å²) in [6, 6.07) is 5.51. The third-order valence-electron chi connectivity index (χ3n) is 4.10. The van der Waals surface area contributed by atoms with E-state index in [1.165, 1.54) is 0 Å². The molecule has 0 bridgehead atoms. The Morgan fingerprint density at radius 1 is 1.33 bits per heavy atom. The highest BCUT2D eigenvalue weighted by molar-refractivity contribution is 5.88. The van der Waals surface area contributed by atoms with Crippen molar-refractivity contribution in [1.29, 1.82) is 0 Å². The first-order chi connectivity index (χ1) is 8.66. The maximum Gasteiger partial charge on any atom is 0.335 e. The van der Waals surface area contributed by atoms with Crippen molar-refractivity contribution in [3.05, 3.63) is 29.3 Å². The second-order valence-corrected chi connectivity index (χ2v) is 5.16. The molecule has 1 aliphatic heterocycles. The molecule has 4 nitrogen and oxygen atoms in total. The summed E-state index contributed by atoms with van der Waals surface area (Å²) in [5.74, 6) is -0.878. The largest absolute Gasteiger partial charge is 0.478 e. The smallest absolute Gasteiger partial charge is 0.335 e. The summed E-state index contributed by atoms with van der Waals surface area (Å²) < 4.78 is 0. The highest BCUT2D eigenvalue weighted by Crippen LogP contribution is 2.35. The molecular formula is C14H17NO3. The lowest BCUT2D eigenvalue weighted by Gasteiger charge is -2.29. The van der Waals surface area contributed by atoms with Crippen LogP contribution in [0.25, 0.3) is 0 Å². The van der Waals surface area contributed by atoms with E-state index in [0.29, 0.717) is 5.56 Å². The van der Waals surface area contributed by atoms with Crippen LogP contribution < -0.4 is 4.90 Å². The van der Waals surface area contributed by atoms with Crippen LogP contribution >= 0.6 is 0 Å². The van der Waals surface area contributed by atoms with E-state index in [1.54, 1.807) is 12.1 Å². The van der Waals surface area contributed by atoms with Gasteiger partial charge in [-0.2, -0.15) is 0 Å². The minimum atomic E-state index is -0.878. The molecule has 96 valence electrons. The van der Waals surface area contributed by atoms with Crippen molar-refractivity contribution in [3.8, 4) is 0 Å². The number of benzene rings is 1. The van der Waals surface area contributed by atoms with Crippen LogP contribution in [0.2, 0.25) is 0 Å². The van der Waals surface area contributed by atoms with E-state index < -0.39 is 5.97 Å². The van der Waals surface area contributed by atoms with Gasteiger partial charge in [0.2, 0.25) is 0 Å². The molecule has 1 fully saturated rings. The quantitative estimate of drug-likeness (QED) is 0.834. The summed E-state index contributed by atoms with van der Waals surface area (Å²) in [6.45, 7) is 0.889. The number of carboxylic acids is 1. The molecule has 0 amide bonds. The van der Waals surface area contributed by atoms with E-state index >= 15 is 0 Å². The molecule has 1 aromatic carbocycles. The van der Waals surface area contributed by atoms with Crippen molar-refractivity contribution in [1.82, 2.24) is 0 Å². The van der Waals surface area contributed by atoms with Crippen molar-refractivity contribution in [2.24, 2.45) is 0 Å². The molecule has 1 aliphatic carbocycles. The van der Waals surface area contributed by atoms with Gasteiger partial charge in [-0.15, -0.1) is 0 Å². The lowest BCUT2D eigenvalue weighted by atomic mass is 10.1. The molecule has 3 rings (SSSR count). The molecule has 2 aliphatic rings. The van der Waals surface area contributed by atoms with Crippen molar-refractivity contribution < 1.29 is 15.0 Å². The maximum absolute atomic E-state index is 10.9. The molecule has 2 N–H and O–H groups in total. The Morgan fingerprint density at radius 3 is 2.83 bits per heavy atom. The number of anilines is 1. The zero-order valence-corrected chi connectivity index (χ0v) is 10.2. The minimum absolute atomic E-state index is 0.210. The third-order valence-corrected chi connectivity index (χ3v) is 4.10. The van der Waals surface area contributed by atoms with Crippen LogP contribution in [0.5, 0.6) is 0 Å². The van der Waals surface area contributed by atoms with Crippen LogP contribution in [0.4, 0.5) is 5.69 Å². The monoisotopic (exact) mass is 247 g/mol. The van der Waals surface area contributed by atoms with Gasteiger partial charge in [-0.1, -0.05) is 0 Å². The molecule has 1 heterocycles. The fraction of sp³-hybridized carbons (Fsp3) is 0.500. The molecule has 4 heteroatoms. The van der Waals surface area contributed by atoms with E-state index in [-0.39, 0.29) is 12.1 Å². The van der Waals surface area contributed by atoms with E-state index in [9.17, 15) is 9.90 Å². The SMILES string of the molecule is O=C(O)c1ccc2c(c1)CCN2C1CCCC1O. The molecule has 0 aromatic heterocycles. The summed E-state index contributed by atoms with van der Waals surface area (Å²) in [5, 5.41) is 19.0. The number of hydrogen-bond acceptors (Lipinski definition) is 3. The van der Waals surface area contributed by atoms with Crippen LogP contribution in [-0.4, -0.2) is 34.9 Å². The zero-order chi connectivity index (χ0) is 12.7. The van der Waals surface area contributed by atoms with E-state index in [4.69, 9.17) is 5.11 Å². The standard InChI is InChI=1S/C14H17NO3/c16-13-3-1-2-12(13)15-7-6-9-8-10(14(17)18)4-5-11(9)15/h4-5,8,12-13,16H,1-3,6-7H2,(H,17,18). The van der Waals surface area contributed by atoms with Crippen molar-refractivity contribution in [2.45, 2.75) is 37.8 Å². The average molecular weight is 247 g/mol. The van der Waals surface area contributed by atoms with E-state index in [0.717, 1.165) is 43.5 Å². The molecule has 2 unspecified atom stereocenters. The van der Waals surface area contributed by atoms with E-state index in [1.807, 2.05) is 6.07 Å². The number of hydrogen-bond donors (Lipinski definition) is 2. The van der Waals surface area contributed by atoms with Crippen molar-refractivity contribution in [2.75, 3.05) is 11.4 Å². The van der Waals surface area contributed by atoms with Gasteiger partial charge in [-0.3, -0.25) is 0 Å². The average Bonchev–Trinajstić information content (AvgIpc) is 2.93. The lowest BCUT2D eigenvalue weighted by Crippen LogP contribution is -2.39. The van der Waals surface area contributed by atoms with Crippen LogP contribution in [0.1, 0.15) is 35.2 Å². The number of nitrogens with zero attached hydrogens (tertiary/aromatic N) is 1. The Kier molecular flexibility index (Phi) is 2.74. The molecule has 18 heavy (non-hydrogen) atoms. The number of aliphatic hydroxyl groups excluding tert-OH is 1. The second-order valence-electron chi connectivity index (χ2n) is 5.16. The number of fused-ring (bicyclic) bond motifs is 1. The lowest BCUT2D eigenvalue weighted by molar-refractivity contribution is 0.0697. The fourth-order valence-electron chi connectivity index (χ4n) is 3.19. The van der Waals surface area contributed by atoms with Crippen LogP contribution in [0, 0.1) is 0 Å². The topological polar surface area (TPSA) is 60.8 Å². The summed E-state index contributed by atoms with van der Waals surface area (Å²) >= 11 is 0. The molecular weight excluding hydrogens is 230 g/mol. The normalized spacial score (nSPS) is 26.4. The van der Waals surface area contributed by atoms with Gasteiger partial charge in [0.05, 0.1) is 17.7 Å². The van der Waals surface area contributed by atoms with Gasteiger partial charge in [0, 0.05) is 12.2 Å². The van der Waals surface area contributed by atoms with Gasteiger partial charge in [-0.05, 0) is 49.4 Å². The fourth-order valence-corrected chi connectivity index (χ4v) is 3.19. The van der Waals surface area contributed by atoms with Gasteiger partial charge < -0.3 is 15.1 Å². The molecule has 2 atom stereocenters. The summed E-state index contributed by atoms with van der Waals surface area (Å²) in [4.78, 5) is 13.2. The predicted octanol–water partition coefficient (Wildman–Crippen LogP) is 1.66. The number of rotatable bonds is 2. The van der Waals surface area contributed by atoms with E-state index in [2.05, 4.69) is 4.90 Å². The predicted molar refractivity (Wildman–Crippen MR) is 68.1 cm³/mol. The number of carbonyl (C=O) groups is 1. The van der Waals surface area contributed by atoms with Gasteiger partial charge in [0.25, 0.3) is 0 Å². The highest BCUT2D eigenvalue weighted by Gasteiger charge is 2.34. The maximum atomic E-state index is 10.9. The summed E-state index contributed by atoms with van der Waals surface area (Å²) in [7, 11) is 0. The Hall–Kier alpha value is -1.55. The molecule has 0 spiro atoms. The second kappa shape index (κ2) is 4.28. The Bertz CT molecular complexity index is 486. The van der Waals surface area contributed by atoms with Gasteiger partial charge in [0.15, 0.2) is 0 Å². The molecule has 0 radical (unpaired) electrons. The number of aliphatic hydroxyl groups is 1. The van der Waals surface area contributed by atoms with Gasteiger partial charge >= 0.3 is 5.97 Å². The Morgan fingerprint density at radius 2 is 2.17 bits per heavy atom.